The summed E-state index contributed by atoms with van der Waals surface area (Å²) in [7, 11) is 0. The highest BCUT2D eigenvalue weighted by Gasteiger charge is 2.09. The maximum atomic E-state index is 11.2. The van der Waals surface area contributed by atoms with Gasteiger partial charge in [-0.1, -0.05) is 6.07 Å². The minimum atomic E-state index is -0.108. The van der Waals surface area contributed by atoms with Gasteiger partial charge in [0.2, 0.25) is 5.91 Å². The lowest BCUT2D eigenvalue weighted by Crippen LogP contribution is -2.06. The Morgan fingerprint density at radius 3 is 2.52 bits per heavy atom. The SMILES string of the molecule is CC(=O)Nc1cccc(Nc2nc3cnccc3c3cnccc23)c1. The summed E-state index contributed by atoms with van der Waals surface area (Å²) in [6.07, 6.45) is 7.06. The van der Waals surface area contributed by atoms with Crippen LogP contribution in [-0.2, 0) is 4.79 Å². The molecule has 0 unspecified atom stereocenters. The Morgan fingerprint density at radius 2 is 1.68 bits per heavy atom. The van der Waals surface area contributed by atoms with Gasteiger partial charge in [-0.15, -0.1) is 0 Å². The number of rotatable bonds is 3. The molecule has 122 valence electrons. The average molecular weight is 329 g/mol. The fourth-order valence-corrected chi connectivity index (χ4v) is 2.81. The van der Waals surface area contributed by atoms with E-state index >= 15 is 0 Å². The topological polar surface area (TPSA) is 79.8 Å². The van der Waals surface area contributed by atoms with E-state index < -0.39 is 0 Å². The van der Waals surface area contributed by atoms with Crippen LogP contribution in [0.4, 0.5) is 17.2 Å². The number of fused-ring (bicyclic) bond motifs is 3. The first-order valence-electron chi connectivity index (χ1n) is 7.83. The molecule has 0 bridgehead atoms. The highest BCUT2D eigenvalue weighted by Crippen LogP contribution is 2.30. The maximum Gasteiger partial charge on any atom is 0.221 e. The highest BCUT2D eigenvalue weighted by atomic mass is 16.1. The Bertz CT molecular complexity index is 1090. The number of anilines is 3. The summed E-state index contributed by atoms with van der Waals surface area (Å²) in [4.78, 5) is 24.3. The maximum absolute atomic E-state index is 11.2. The van der Waals surface area contributed by atoms with Crippen molar-refractivity contribution in [3.8, 4) is 0 Å². The molecule has 6 nitrogen and oxygen atoms in total. The smallest absolute Gasteiger partial charge is 0.221 e. The molecule has 4 rings (SSSR count). The van der Waals surface area contributed by atoms with Gasteiger partial charge in [0.05, 0.1) is 11.7 Å². The molecule has 0 radical (unpaired) electrons. The van der Waals surface area contributed by atoms with Gasteiger partial charge in [0.25, 0.3) is 0 Å². The van der Waals surface area contributed by atoms with Crippen LogP contribution in [0.1, 0.15) is 6.92 Å². The lowest BCUT2D eigenvalue weighted by molar-refractivity contribution is -0.114. The Kier molecular flexibility index (Phi) is 3.70. The molecule has 6 heteroatoms. The van der Waals surface area contributed by atoms with Crippen LogP contribution < -0.4 is 10.6 Å². The molecular formula is C19H15N5O. The Hall–Kier alpha value is -3.54. The Labute approximate surface area is 144 Å². The first kappa shape index (κ1) is 15.0. The molecule has 0 spiro atoms. The molecular weight excluding hydrogens is 314 g/mol. The monoisotopic (exact) mass is 329 g/mol. The van der Waals surface area contributed by atoms with Crippen molar-refractivity contribution in [2.24, 2.45) is 0 Å². The number of carbonyl (C=O) groups excluding carboxylic acids is 1. The number of pyridine rings is 3. The van der Waals surface area contributed by atoms with Gasteiger partial charge in [-0.2, -0.15) is 0 Å². The number of nitrogens with one attached hydrogen (secondary N) is 2. The molecule has 0 aliphatic carbocycles. The molecule has 25 heavy (non-hydrogen) atoms. The number of nitrogens with zero attached hydrogens (tertiary/aromatic N) is 3. The summed E-state index contributed by atoms with van der Waals surface area (Å²) < 4.78 is 0. The zero-order valence-corrected chi connectivity index (χ0v) is 13.5. The minimum Gasteiger partial charge on any atom is -0.340 e. The van der Waals surface area contributed by atoms with Gasteiger partial charge in [-0.3, -0.25) is 14.8 Å². The number of hydrogen-bond donors (Lipinski definition) is 2. The standard InChI is InChI=1S/C19H15N5O/c1-12(25)22-13-3-2-4-14(9-13)23-19-16-6-8-20-10-17(16)15-5-7-21-11-18(15)24-19/h2-11H,1H3,(H,22,25)(H,23,24). The molecule has 0 atom stereocenters. The van der Waals surface area contributed by atoms with Gasteiger partial charge in [0.1, 0.15) is 5.82 Å². The van der Waals surface area contributed by atoms with E-state index in [1.807, 2.05) is 42.6 Å². The lowest BCUT2D eigenvalue weighted by Gasteiger charge is -2.12. The summed E-state index contributed by atoms with van der Waals surface area (Å²) >= 11 is 0. The molecule has 2 N–H and O–H groups in total. The lowest BCUT2D eigenvalue weighted by atomic mass is 10.1. The fraction of sp³-hybridized carbons (Fsp3) is 0.0526. The molecule has 0 fully saturated rings. The van der Waals surface area contributed by atoms with Crippen LogP contribution in [0, 0.1) is 0 Å². The zero-order chi connectivity index (χ0) is 17.2. The predicted octanol–water partition coefficient (Wildman–Crippen LogP) is 3.88. The van der Waals surface area contributed by atoms with Gasteiger partial charge in [-0.05, 0) is 30.3 Å². The van der Waals surface area contributed by atoms with Crippen molar-refractivity contribution in [3.63, 3.8) is 0 Å². The van der Waals surface area contributed by atoms with Crippen LogP contribution in [0.5, 0.6) is 0 Å². The molecule has 4 aromatic rings. The first-order chi connectivity index (χ1) is 12.2. The fourth-order valence-electron chi connectivity index (χ4n) is 2.81. The second kappa shape index (κ2) is 6.16. The number of hydrogen-bond acceptors (Lipinski definition) is 5. The van der Waals surface area contributed by atoms with Crippen LogP contribution in [-0.4, -0.2) is 20.9 Å². The van der Waals surface area contributed by atoms with Crippen molar-refractivity contribution in [1.29, 1.82) is 0 Å². The minimum absolute atomic E-state index is 0.108. The van der Waals surface area contributed by atoms with Crippen molar-refractivity contribution >= 4 is 44.8 Å². The third-order valence-electron chi connectivity index (χ3n) is 3.84. The van der Waals surface area contributed by atoms with Gasteiger partial charge < -0.3 is 10.6 Å². The average Bonchev–Trinajstić information content (AvgIpc) is 2.62. The van der Waals surface area contributed by atoms with Gasteiger partial charge in [0.15, 0.2) is 0 Å². The summed E-state index contributed by atoms with van der Waals surface area (Å²) in [5.41, 5.74) is 2.36. The van der Waals surface area contributed by atoms with Crippen molar-refractivity contribution in [2.45, 2.75) is 6.92 Å². The number of benzene rings is 1. The van der Waals surface area contributed by atoms with Gasteiger partial charge in [0, 0.05) is 53.0 Å². The van der Waals surface area contributed by atoms with Crippen LogP contribution in [0.2, 0.25) is 0 Å². The molecule has 1 aromatic carbocycles. The van der Waals surface area contributed by atoms with E-state index in [0.29, 0.717) is 0 Å². The highest BCUT2D eigenvalue weighted by molar-refractivity contribution is 6.09. The van der Waals surface area contributed by atoms with E-state index in [0.717, 1.165) is 38.9 Å². The Morgan fingerprint density at radius 1 is 0.920 bits per heavy atom. The van der Waals surface area contributed by atoms with Crippen molar-refractivity contribution in [2.75, 3.05) is 10.6 Å². The van der Waals surface area contributed by atoms with E-state index in [1.165, 1.54) is 6.92 Å². The first-order valence-corrected chi connectivity index (χ1v) is 7.83. The van der Waals surface area contributed by atoms with E-state index in [2.05, 4.69) is 20.6 Å². The van der Waals surface area contributed by atoms with E-state index in [9.17, 15) is 4.79 Å². The molecule has 0 aliphatic rings. The van der Waals surface area contributed by atoms with Gasteiger partial charge in [-0.25, -0.2) is 4.98 Å². The molecule has 0 saturated carbocycles. The van der Waals surface area contributed by atoms with Crippen LogP contribution in [0.3, 0.4) is 0 Å². The predicted molar refractivity (Wildman–Crippen MR) is 98.9 cm³/mol. The summed E-state index contributed by atoms with van der Waals surface area (Å²) in [5, 5.41) is 9.10. The van der Waals surface area contributed by atoms with Crippen molar-refractivity contribution in [3.05, 3.63) is 61.2 Å². The van der Waals surface area contributed by atoms with Crippen molar-refractivity contribution < 1.29 is 4.79 Å². The molecule has 3 heterocycles. The number of carbonyl (C=O) groups is 1. The summed E-state index contributed by atoms with van der Waals surface area (Å²) in [5.74, 6) is 0.612. The third kappa shape index (κ3) is 2.97. The normalized spacial score (nSPS) is 10.8. The summed E-state index contributed by atoms with van der Waals surface area (Å²) in [6.45, 7) is 1.48. The number of aromatic nitrogens is 3. The van der Waals surface area contributed by atoms with Gasteiger partial charge >= 0.3 is 0 Å². The molecule has 1 amide bonds. The van der Waals surface area contributed by atoms with E-state index in [-0.39, 0.29) is 5.91 Å². The molecule has 0 saturated heterocycles. The van der Waals surface area contributed by atoms with Crippen LogP contribution >= 0.6 is 0 Å². The Balaban J connectivity index is 1.82. The third-order valence-corrected chi connectivity index (χ3v) is 3.84. The molecule has 3 aromatic heterocycles. The largest absolute Gasteiger partial charge is 0.340 e. The van der Waals surface area contributed by atoms with Crippen molar-refractivity contribution in [1.82, 2.24) is 15.0 Å². The van der Waals surface area contributed by atoms with E-state index in [1.54, 1.807) is 18.6 Å². The summed E-state index contributed by atoms with van der Waals surface area (Å²) in [6, 6.07) is 11.4. The van der Waals surface area contributed by atoms with Crippen LogP contribution in [0.25, 0.3) is 21.7 Å². The second-order valence-corrected chi connectivity index (χ2v) is 5.66. The second-order valence-electron chi connectivity index (χ2n) is 5.66. The van der Waals surface area contributed by atoms with E-state index in [4.69, 9.17) is 4.98 Å². The quantitative estimate of drug-likeness (QED) is 0.558. The zero-order valence-electron chi connectivity index (χ0n) is 13.5. The van der Waals surface area contributed by atoms with Crippen LogP contribution in [0.15, 0.2) is 61.2 Å². The number of amides is 1. The molecule has 0 aliphatic heterocycles.